The minimum atomic E-state index is 0.715. The van der Waals surface area contributed by atoms with Crippen molar-refractivity contribution < 1.29 is 4.42 Å². The van der Waals surface area contributed by atoms with Crippen molar-refractivity contribution in [1.29, 1.82) is 0 Å². The van der Waals surface area contributed by atoms with Gasteiger partial charge in [-0.25, -0.2) is 9.97 Å². The fourth-order valence-corrected chi connectivity index (χ4v) is 6.23. The molecule has 3 heterocycles. The highest BCUT2D eigenvalue weighted by atomic mass is 16.3. The van der Waals surface area contributed by atoms with Gasteiger partial charge in [0.05, 0.1) is 16.6 Å². The third-order valence-corrected chi connectivity index (χ3v) is 8.21. The molecule has 0 aliphatic rings. The summed E-state index contributed by atoms with van der Waals surface area (Å²) in [6.07, 6.45) is 0. The molecule has 3 aromatic heterocycles. The van der Waals surface area contributed by atoms with E-state index in [4.69, 9.17) is 14.4 Å². The number of furan rings is 1. The van der Waals surface area contributed by atoms with Gasteiger partial charge >= 0.3 is 0 Å². The van der Waals surface area contributed by atoms with E-state index in [1.165, 1.54) is 10.8 Å². The molecule has 0 atom stereocenters. The fraction of sp³-hybridized carbons (Fsp3) is 0. The Bertz CT molecular complexity index is 2470. The number of fused-ring (bicyclic) bond motifs is 7. The molecule has 0 saturated carbocycles. The molecule has 0 aliphatic carbocycles. The lowest BCUT2D eigenvalue weighted by Gasteiger charge is -2.12. The van der Waals surface area contributed by atoms with Crippen LogP contribution in [-0.2, 0) is 0 Å². The van der Waals surface area contributed by atoms with E-state index in [-0.39, 0.29) is 0 Å². The summed E-state index contributed by atoms with van der Waals surface area (Å²) in [5, 5.41) is 5.65. The second-order valence-corrected chi connectivity index (χ2v) is 10.6. The molecule has 9 aromatic rings. The number of aromatic nitrogens is 3. The molecule has 0 amide bonds. The van der Waals surface area contributed by atoms with Crippen LogP contribution in [0.1, 0.15) is 0 Å². The van der Waals surface area contributed by atoms with Crippen LogP contribution in [0, 0.1) is 0 Å². The minimum absolute atomic E-state index is 0.715. The van der Waals surface area contributed by atoms with Gasteiger partial charge in [-0.3, -0.25) is 4.57 Å². The van der Waals surface area contributed by atoms with Gasteiger partial charge in [-0.15, -0.1) is 0 Å². The maximum Gasteiger partial charge on any atom is 0.162 e. The van der Waals surface area contributed by atoms with Crippen molar-refractivity contribution in [3.63, 3.8) is 0 Å². The summed E-state index contributed by atoms with van der Waals surface area (Å²) >= 11 is 0. The molecular weight excluding hydrogens is 514 g/mol. The fourth-order valence-electron chi connectivity index (χ4n) is 6.23. The van der Waals surface area contributed by atoms with Crippen molar-refractivity contribution in [3.8, 4) is 28.3 Å². The van der Waals surface area contributed by atoms with E-state index in [1.54, 1.807) is 0 Å². The van der Waals surface area contributed by atoms with Crippen molar-refractivity contribution in [2.24, 2.45) is 0 Å². The molecular formula is C38H23N3O. The van der Waals surface area contributed by atoms with Gasteiger partial charge in [0.1, 0.15) is 17.0 Å². The quantitative estimate of drug-likeness (QED) is 0.225. The van der Waals surface area contributed by atoms with Crippen LogP contribution >= 0.6 is 0 Å². The van der Waals surface area contributed by atoms with Gasteiger partial charge in [0, 0.05) is 32.5 Å². The SMILES string of the molecule is c1ccc(-c2nc(-n3c4ccccc4c4cc(-c5ccc6oc7ccccc7c6c5)ccc43)c3ccccc3n2)cc1. The molecule has 0 radical (unpaired) electrons. The smallest absolute Gasteiger partial charge is 0.162 e. The second-order valence-electron chi connectivity index (χ2n) is 10.6. The molecule has 0 unspecified atom stereocenters. The molecule has 0 bridgehead atoms. The molecule has 4 nitrogen and oxygen atoms in total. The Balaban J connectivity index is 1.30. The summed E-state index contributed by atoms with van der Waals surface area (Å²) in [7, 11) is 0. The van der Waals surface area contributed by atoms with Gasteiger partial charge in [-0.2, -0.15) is 0 Å². The van der Waals surface area contributed by atoms with E-state index in [9.17, 15) is 0 Å². The van der Waals surface area contributed by atoms with E-state index in [2.05, 4.69) is 108 Å². The van der Waals surface area contributed by atoms with Gasteiger partial charge in [-0.05, 0) is 59.7 Å². The van der Waals surface area contributed by atoms with Gasteiger partial charge in [0.2, 0.25) is 0 Å². The van der Waals surface area contributed by atoms with Crippen LogP contribution in [0.4, 0.5) is 0 Å². The molecule has 9 rings (SSSR count). The summed E-state index contributed by atoms with van der Waals surface area (Å²) in [6, 6.07) is 48.5. The second kappa shape index (κ2) is 8.88. The Morgan fingerprint density at radius 3 is 1.95 bits per heavy atom. The number of para-hydroxylation sites is 3. The molecule has 6 aromatic carbocycles. The van der Waals surface area contributed by atoms with Crippen LogP contribution in [-0.4, -0.2) is 14.5 Å². The average Bonchev–Trinajstić information content (AvgIpc) is 3.59. The monoisotopic (exact) mass is 537 g/mol. The lowest BCUT2D eigenvalue weighted by Crippen LogP contribution is -2.02. The predicted molar refractivity (Wildman–Crippen MR) is 172 cm³/mol. The zero-order chi connectivity index (χ0) is 27.6. The third-order valence-electron chi connectivity index (χ3n) is 8.21. The number of hydrogen-bond donors (Lipinski definition) is 0. The van der Waals surface area contributed by atoms with Gasteiger partial charge in [-0.1, -0.05) is 91.0 Å². The Morgan fingerprint density at radius 2 is 1.07 bits per heavy atom. The normalized spacial score (nSPS) is 11.8. The Hall–Kier alpha value is -5.74. The van der Waals surface area contributed by atoms with E-state index in [1.807, 2.05) is 36.4 Å². The molecule has 4 heteroatoms. The maximum absolute atomic E-state index is 6.08. The first kappa shape index (κ1) is 23.0. The molecule has 196 valence electrons. The third kappa shape index (κ3) is 3.42. The first-order valence-corrected chi connectivity index (χ1v) is 14.1. The Labute approximate surface area is 241 Å². The van der Waals surface area contributed by atoms with Crippen LogP contribution < -0.4 is 0 Å². The first-order valence-electron chi connectivity index (χ1n) is 14.1. The highest BCUT2D eigenvalue weighted by Gasteiger charge is 2.18. The zero-order valence-corrected chi connectivity index (χ0v) is 22.5. The number of nitrogens with zero attached hydrogens (tertiary/aromatic N) is 3. The van der Waals surface area contributed by atoms with Crippen molar-refractivity contribution in [2.75, 3.05) is 0 Å². The number of benzene rings is 6. The average molecular weight is 538 g/mol. The largest absolute Gasteiger partial charge is 0.456 e. The number of rotatable bonds is 3. The lowest BCUT2D eigenvalue weighted by molar-refractivity contribution is 0.669. The summed E-state index contributed by atoms with van der Waals surface area (Å²) in [6.45, 7) is 0. The summed E-state index contributed by atoms with van der Waals surface area (Å²) in [5.41, 5.74) is 8.28. The maximum atomic E-state index is 6.08. The molecule has 0 saturated heterocycles. The highest BCUT2D eigenvalue weighted by Crippen LogP contribution is 2.38. The summed E-state index contributed by atoms with van der Waals surface area (Å²) in [4.78, 5) is 10.1. The van der Waals surface area contributed by atoms with Crippen LogP contribution in [0.3, 0.4) is 0 Å². The minimum Gasteiger partial charge on any atom is -0.456 e. The van der Waals surface area contributed by atoms with Gasteiger partial charge in [0.15, 0.2) is 5.82 Å². The van der Waals surface area contributed by atoms with E-state index in [0.717, 1.165) is 66.4 Å². The standard InChI is InChI=1S/C38H23N3O/c1-2-10-24(11-3-1)37-39-32-15-7-4-14-29(32)38(40-37)41-33-16-8-5-12-27(33)30-22-25(18-20-34(30)41)26-19-21-36-31(23-26)28-13-6-9-17-35(28)42-36/h1-23H. The Kier molecular flexibility index (Phi) is 4.87. The molecule has 0 aliphatic heterocycles. The topological polar surface area (TPSA) is 43.9 Å². The van der Waals surface area contributed by atoms with Crippen LogP contribution in [0.25, 0.3) is 83.0 Å². The van der Waals surface area contributed by atoms with Crippen molar-refractivity contribution in [2.45, 2.75) is 0 Å². The molecule has 0 fully saturated rings. The Morgan fingerprint density at radius 1 is 0.429 bits per heavy atom. The number of hydrogen-bond acceptors (Lipinski definition) is 3. The van der Waals surface area contributed by atoms with Crippen LogP contribution in [0.5, 0.6) is 0 Å². The van der Waals surface area contributed by atoms with Gasteiger partial charge < -0.3 is 4.42 Å². The van der Waals surface area contributed by atoms with Crippen molar-refractivity contribution >= 4 is 54.6 Å². The first-order chi connectivity index (χ1) is 20.8. The molecule has 0 N–H and O–H groups in total. The summed E-state index contributed by atoms with van der Waals surface area (Å²) < 4.78 is 8.37. The van der Waals surface area contributed by atoms with Gasteiger partial charge in [0.25, 0.3) is 0 Å². The van der Waals surface area contributed by atoms with Crippen molar-refractivity contribution in [3.05, 3.63) is 140 Å². The van der Waals surface area contributed by atoms with Crippen LogP contribution in [0.2, 0.25) is 0 Å². The van der Waals surface area contributed by atoms with E-state index < -0.39 is 0 Å². The molecule has 42 heavy (non-hydrogen) atoms. The predicted octanol–water partition coefficient (Wildman–Crippen LogP) is 9.96. The van der Waals surface area contributed by atoms with E-state index >= 15 is 0 Å². The summed E-state index contributed by atoms with van der Waals surface area (Å²) in [5.74, 6) is 1.59. The van der Waals surface area contributed by atoms with E-state index in [0.29, 0.717) is 5.82 Å². The van der Waals surface area contributed by atoms with Crippen molar-refractivity contribution in [1.82, 2.24) is 14.5 Å². The zero-order valence-electron chi connectivity index (χ0n) is 22.5. The van der Waals surface area contributed by atoms with Crippen LogP contribution in [0.15, 0.2) is 144 Å². The lowest BCUT2D eigenvalue weighted by atomic mass is 10.0. The molecule has 0 spiro atoms. The highest BCUT2D eigenvalue weighted by molar-refractivity contribution is 6.12.